The second kappa shape index (κ2) is 3.58. The van der Waals surface area contributed by atoms with Gasteiger partial charge in [0.15, 0.2) is 0 Å². The van der Waals surface area contributed by atoms with Crippen LogP contribution < -0.4 is 0 Å². The molecule has 3 nitrogen and oxygen atoms in total. The van der Waals surface area contributed by atoms with E-state index in [1.807, 2.05) is 18.5 Å². The van der Waals surface area contributed by atoms with Crippen LogP contribution in [0.5, 0.6) is 0 Å². The molecule has 0 aromatic carbocycles. The topological polar surface area (TPSA) is 27.1 Å². The lowest BCUT2D eigenvalue weighted by molar-refractivity contribution is 0.188. The molecule has 0 spiro atoms. The Morgan fingerprint density at radius 2 is 2.38 bits per heavy atom. The van der Waals surface area contributed by atoms with Crippen LogP contribution in [0.2, 0.25) is 0 Å². The van der Waals surface area contributed by atoms with Crippen LogP contribution in [0, 0.1) is 0 Å². The van der Waals surface area contributed by atoms with Crippen molar-refractivity contribution in [2.45, 2.75) is 6.54 Å². The average molecular weight is 176 g/mol. The zero-order valence-electron chi connectivity index (χ0n) is 7.60. The molecule has 0 N–H and O–H groups in total. The first-order valence-electron chi connectivity index (χ1n) is 4.30. The van der Waals surface area contributed by atoms with Gasteiger partial charge in [-0.3, -0.25) is 0 Å². The first kappa shape index (κ1) is 8.26. The third-order valence-corrected chi connectivity index (χ3v) is 2.06. The maximum Gasteiger partial charge on any atom is 0.139 e. The standard InChI is InChI=1S/C10H12N2O/c1-13-8-7-12-6-4-9-3-2-5-11-10(9)12/h2-6H,7-8H2,1H3. The Morgan fingerprint density at radius 3 is 3.23 bits per heavy atom. The fraction of sp³-hybridized carbons (Fsp3) is 0.300. The van der Waals surface area contributed by atoms with Gasteiger partial charge < -0.3 is 9.30 Å². The highest BCUT2D eigenvalue weighted by molar-refractivity contribution is 5.75. The summed E-state index contributed by atoms with van der Waals surface area (Å²) in [6.07, 6.45) is 3.85. The highest BCUT2D eigenvalue weighted by Crippen LogP contribution is 2.11. The number of pyridine rings is 1. The van der Waals surface area contributed by atoms with Crippen LogP contribution in [-0.2, 0) is 11.3 Å². The van der Waals surface area contributed by atoms with Crippen molar-refractivity contribution in [2.24, 2.45) is 0 Å². The fourth-order valence-corrected chi connectivity index (χ4v) is 1.39. The Balaban J connectivity index is 2.35. The maximum atomic E-state index is 5.02. The molecule has 3 heteroatoms. The third kappa shape index (κ3) is 1.55. The molecule has 2 rings (SSSR count). The number of aromatic nitrogens is 2. The molecule has 0 unspecified atom stereocenters. The molecule has 2 heterocycles. The van der Waals surface area contributed by atoms with Crippen LogP contribution in [0.1, 0.15) is 0 Å². The molecule has 0 radical (unpaired) electrons. The third-order valence-electron chi connectivity index (χ3n) is 2.06. The lowest BCUT2D eigenvalue weighted by atomic mass is 10.3. The van der Waals surface area contributed by atoms with E-state index in [-0.39, 0.29) is 0 Å². The van der Waals surface area contributed by atoms with E-state index >= 15 is 0 Å². The van der Waals surface area contributed by atoms with E-state index < -0.39 is 0 Å². The van der Waals surface area contributed by atoms with Crippen LogP contribution in [-0.4, -0.2) is 23.3 Å². The highest BCUT2D eigenvalue weighted by atomic mass is 16.5. The van der Waals surface area contributed by atoms with Gasteiger partial charge in [-0.2, -0.15) is 0 Å². The predicted octanol–water partition coefficient (Wildman–Crippen LogP) is 1.68. The van der Waals surface area contributed by atoms with E-state index in [0.29, 0.717) is 0 Å². The molecule has 0 saturated carbocycles. The first-order valence-corrected chi connectivity index (χ1v) is 4.30. The van der Waals surface area contributed by atoms with Crippen molar-refractivity contribution in [3.05, 3.63) is 30.6 Å². The summed E-state index contributed by atoms with van der Waals surface area (Å²) < 4.78 is 7.11. The number of rotatable bonds is 3. The molecule has 68 valence electrons. The van der Waals surface area contributed by atoms with Crippen LogP contribution in [0.15, 0.2) is 30.6 Å². The van der Waals surface area contributed by atoms with Gasteiger partial charge in [0.1, 0.15) is 5.65 Å². The summed E-state index contributed by atoms with van der Waals surface area (Å²) in [4.78, 5) is 4.30. The molecule has 0 aliphatic carbocycles. The Morgan fingerprint density at radius 1 is 1.46 bits per heavy atom. The van der Waals surface area contributed by atoms with Gasteiger partial charge in [0.25, 0.3) is 0 Å². The van der Waals surface area contributed by atoms with Crippen molar-refractivity contribution < 1.29 is 4.74 Å². The minimum atomic E-state index is 0.723. The highest BCUT2D eigenvalue weighted by Gasteiger charge is 1.99. The minimum Gasteiger partial charge on any atom is -0.383 e. The van der Waals surface area contributed by atoms with Crippen LogP contribution in [0.25, 0.3) is 11.0 Å². The largest absolute Gasteiger partial charge is 0.383 e. The second-order valence-corrected chi connectivity index (χ2v) is 2.92. The van der Waals surface area contributed by atoms with Gasteiger partial charge in [-0.15, -0.1) is 0 Å². The molecule has 0 fully saturated rings. The molecular formula is C10H12N2O. The summed E-state index contributed by atoms with van der Waals surface area (Å²) in [5.74, 6) is 0. The summed E-state index contributed by atoms with van der Waals surface area (Å²) >= 11 is 0. The van der Waals surface area contributed by atoms with Crippen LogP contribution >= 0.6 is 0 Å². The van der Waals surface area contributed by atoms with Crippen molar-refractivity contribution in [3.8, 4) is 0 Å². The van der Waals surface area contributed by atoms with E-state index in [9.17, 15) is 0 Å². The van der Waals surface area contributed by atoms with Gasteiger partial charge in [0, 0.05) is 31.4 Å². The molecule has 0 bridgehead atoms. The summed E-state index contributed by atoms with van der Waals surface area (Å²) in [5.41, 5.74) is 1.03. The van der Waals surface area contributed by atoms with Gasteiger partial charge >= 0.3 is 0 Å². The van der Waals surface area contributed by atoms with E-state index in [1.165, 1.54) is 5.39 Å². The van der Waals surface area contributed by atoms with Crippen LogP contribution in [0.4, 0.5) is 0 Å². The number of fused-ring (bicyclic) bond motifs is 1. The normalized spacial score (nSPS) is 10.8. The van der Waals surface area contributed by atoms with Crippen molar-refractivity contribution >= 4 is 11.0 Å². The molecule has 0 aliphatic rings. The summed E-state index contributed by atoms with van der Waals surface area (Å²) in [6, 6.07) is 6.08. The molecule has 0 saturated heterocycles. The average Bonchev–Trinajstić information content (AvgIpc) is 2.58. The number of hydrogen-bond donors (Lipinski definition) is 0. The molecule has 13 heavy (non-hydrogen) atoms. The Bertz CT molecular complexity index is 394. The SMILES string of the molecule is COCCn1ccc2cccnc21. The maximum absolute atomic E-state index is 5.02. The molecule has 2 aromatic heterocycles. The van der Waals surface area contributed by atoms with E-state index in [1.54, 1.807) is 7.11 Å². The van der Waals surface area contributed by atoms with Crippen molar-refractivity contribution in [3.63, 3.8) is 0 Å². The number of hydrogen-bond acceptors (Lipinski definition) is 2. The Kier molecular flexibility index (Phi) is 2.27. The van der Waals surface area contributed by atoms with E-state index in [4.69, 9.17) is 4.74 Å². The fourth-order valence-electron chi connectivity index (χ4n) is 1.39. The van der Waals surface area contributed by atoms with Gasteiger partial charge in [-0.1, -0.05) is 0 Å². The summed E-state index contributed by atoms with van der Waals surface area (Å²) in [5, 5.41) is 1.18. The van der Waals surface area contributed by atoms with Gasteiger partial charge in [0.2, 0.25) is 0 Å². The lowest BCUT2D eigenvalue weighted by Gasteiger charge is -2.02. The van der Waals surface area contributed by atoms with E-state index in [0.717, 1.165) is 18.8 Å². The smallest absolute Gasteiger partial charge is 0.139 e. The van der Waals surface area contributed by atoms with E-state index in [2.05, 4.69) is 21.7 Å². The number of ether oxygens (including phenoxy) is 1. The first-order chi connectivity index (χ1) is 6.42. The number of methoxy groups -OCH3 is 1. The lowest BCUT2D eigenvalue weighted by Crippen LogP contribution is -2.02. The van der Waals surface area contributed by atoms with Crippen molar-refractivity contribution in [1.82, 2.24) is 9.55 Å². The molecule has 0 atom stereocenters. The molecular weight excluding hydrogens is 164 g/mol. The zero-order chi connectivity index (χ0) is 9.10. The van der Waals surface area contributed by atoms with Gasteiger partial charge in [-0.05, 0) is 18.2 Å². The molecule has 0 amide bonds. The van der Waals surface area contributed by atoms with Crippen molar-refractivity contribution in [1.29, 1.82) is 0 Å². The monoisotopic (exact) mass is 176 g/mol. The van der Waals surface area contributed by atoms with Gasteiger partial charge in [0.05, 0.1) is 6.61 Å². The Hall–Kier alpha value is -1.35. The minimum absolute atomic E-state index is 0.723. The number of nitrogens with zero attached hydrogens (tertiary/aromatic N) is 2. The zero-order valence-corrected chi connectivity index (χ0v) is 7.60. The van der Waals surface area contributed by atoms with Crippen LogP contribution in [0.3, 0.4) is 0 Å². The van der Waals surface area contributed by atoms with Gasteiger partial charge in [-0.25, -0.2) is 4.98 Å². The summed E-state index contributed by atoms with van der Waals surface area (Å²) in [7, 11) is 1.71. The molecule has 0 aliphatic heterocycles. The quantitative estimate of drug-likeness (QED) is 0.711. The second-order valence-electron chi connectivity index (χ2n) is 2.92. The van der Waals surface area contributed by atoms with Crippen molar-refractivity contribution in [2.75, 3.05) is 13.7 Å². The summed E-state index contributed by atoms with van der Waals surface area (Å²) in [6.45, 7) is 1.58. The molecule has 2 aromatic rings. The Labute approximate surface area is 77.0 Å². The predicted molar refractivity (Wildman–Crippen MR) is 51.6 cm³/mol.